The average molecular weight is 369 g/mol. The summed E-state index contributed by atoms with van der Waals surface area (Å²) in [6.45, 7) is 4.66. The Morgan fingerprint density at radius 2 is 2.04 bits per heavy atom. The monoisotopic (exact) mass is 369 g/mol. The van der Waals surface area contributed by atoms with Crippen LogP contribution in [-0.2, 0) is 4.79 Å². The van der Waals surface area contributed by atoms with Gasteiger partial charge in [0.05, 0.1) is 13.2 Å². The standard InChI is InChI=1S/C19H23N5O3/c1-3-15(25)23-10-4-5-13(11-23)24-18(20)16(19(21)26)17(22-24)12-6-8-14(27-2)9-7-12/h3,6-9,13H,1,4-5,10-11,20H2,2H3,(H2,21,26). The van der Waals surface area contributed by atoms with Crippen LogP contribution in [0.4, 0.5) is 5.82 Å². The van der Waals surface area contributed by atoms with Crippen LogP contribution in [0.2, 0.25) is 0 Å². The number of carbonyl (C=O) groups is 2. The lowest BCUT2D eigenvalue weighted by Gasteiger charge is -2.32. The summed E-state index contributed by atoms with van der Waals surface area (Å²) in [5.74, 6) is 0.138. The van der Waals surface area contributed by atoms with E-state index in [0.29, 0.717) is 30.1 Å². The van der Waals surface area contributed by atoms with Crippen LogP contribution in [0.3, 0.4) is 0 Å². The summed E-state index contributed by atoms with van der Waals surface area (Å²) in [5, 5.41) is 4.59. The Labute approximate surface area is 157 Å². The quantitative estimate of drug-likeness (QED) is 0.776. The Kier molecular flexibility index (Phi) is 5.16. The highest BCUT2D eigenvalue weighted by molar-refractivity contribution is 6.03. The summed E-state index contributed by atoms with van der Waals surface area (Å²) >= 11 is 0. The van der Waals surface area contributed by atoms with Gasteiger partial charge in [0.1, 0.15) is 22.8 Å². The number of likely N-dealkylation sites (tertiary alicyclic amines) is 1. The molecule has 0 bridgehead atoms. The number of aromatic nitrogens is 2. The molecule has 2 aromatic rings. The minimum absolute atomic E-state index is 0.129. The predicted molar refractivity (Wildman–Crippen MR) is 102 cm³/mol. The van der Waals surface area contributed by atoms with Gasteiger partial charge in [0.15, 0.2) is 0 Å². The van der Waals surface area contributed by atoms with Crippen molar-refractivity contribution in [3.05, 3.63) is 42.5 Å². The zero-order chi connectivity index (χ0) is 19.6. The van der Waals surface area contributed by atoms with Crippen LogP contribution >= 0.6 is 0 Å². The molecule has 1 saturated heterocycles. The van der Waals surface area contributed by atoms with Gasteiger partial charge in [0, 0.05) is 18.7 Å². The van der Waals surface area contributed by atoms with E-state index in [9.17, 15) is 9.59 Å². The fraction of sp³-hybridized carbons (Fsp3) is 0.316. The molecule has 27 heavy (non-hydrogen) atoms. The van der Waals surface area contributed by atoms with Crippen LogP contribution in [0.1, 0.15) is 29.2 Å². The first-order valence-corrected chi connectivity index (χ1v) is 8.69. The number of amides is 2. The van der Waals surface area contributed by atoms with Gasteiger partial charge in [0.25, 0.3) is 5.91 Å². The van der Waals surface area contributed by atoms with Crippen molar-refractivity contribution < 1.29 is 14.3 Å². The number of piperidine rings is 1. The lowest BCUT2D eigenvalue weighted by Crippen LogP contribution is -2.40. The number of ether oxygens (including phenoxy) is 1. The molecule has 1 atom stereocenters. The highest BCUT2D eigenvalue weighted by Gasteiger charge is 2.29. The van der Waals surface area contributed by atoms with E-state index in [1.807, 2.05) is 0 Å². The molecule has 0 saturated carbocycles. The summed E-state index contributed by atoms with van der Waals surface area (Å²) in [5.41, 5.74) is 13.1. The van der Waals surface area contributed by atoms with Gasteiger partial charge in [-0.3, -0.25) is 9.59 Å². The van der Waals surface area contributed by atoms with Crippen molar-refractivity contribution >= 4 is 17.6 Å². The van der Waals surface area contributed by atoms with Gasteiger partial charge >= 0.3 is 0 Å². The largest absolute Gasteiger partial charge is 0.497 e. The zero-order valence-electron chi connectivity index (χ0n) is 15.2. The van der Waals surface area contributed by atoms with Gasteiger partial charge in [-0.15, -0.1) is 0 Å². The first-order valence-electron chi connectivity index (χ1n) is 8.69. The topological polar surface area (TPSA) is 116 Å². The second-order valence-electron chi connectivity index (χ2n) is 6.43. The Balaban J connectivity index is 2.00. The maximum Gasteiger partial charge on any atom is 0.254 e. The Morgan fingerprint density at radius 3 is 2.63 bits per heavy atom. The maximum absolute atomic E-state index is 12.0. The van der Waals surface area contributed by atoms with Crippen LogP contribution < -0.4 is 16.2 Å². The molecule has 142 valence electrons. The number of nitrogens with two attached hydrogens (primary N) is 2. The third-order valence-electron chi connectivity index (χ3n) is 4.79. The highest BCUT2D eigenvalue weighted by atomic mass is 16.5. The van der Waals surface area contributed by atoms with E-state index in [4.69, 9.17) is 16.2 Å². The third kappa shape index (κ3) is 3.51. The van der Waals surface area contributed by atoms with E-state index in [0.717, 1.165) is 12.8 Å². The lowest BCUT2D eigenvalue weighted by molar-refractivity contribution is -0.127. The fourth-order valence-corrected chi connectivity index (χ4v) is 3.40. The highest BCUT2D eigenvalue weighted by Crippen LogP contribution is 2.32. The van der Waals surface area contributed by atoms with Crippen molar-refractivity contribution in [1.29, 1.82) is 0 Å². The number of anilines is 1. The van der Waals surface area contributed by atoms with E-state index < -0.39 is 5.91 Å². The first kappa shape index (κ1) is 18.5. The number of carbonyl (C=O) groups excluding carboxylic acids is 2. The van der Waals surface area contributed by atoms with E-state index in [2.05, 4.69) is 11.7 Å². The molecule has 4 N–H and O–H groups in total. The minimum atomic E-state index is -0.639. The number of nitrogens with zero attached hydrogens (tertiary/aromatic N) is 3. The number of primary amides is 1. The van der Waals surface area contributed by atoms with E-state index in [-0.39, 0.29) is 23.3 Å². The van der Waals surface area contributed by atoms with Gasteiger partial charge in [-0.2, -0.15) is 5.10 Å². The molecule has 0 aliphatic carbocycles. The molecular weight excluding hydrogens is 346 g/mol. The van der Waals surface area contributed by atoms with Gasteiger partial charge in [0.2, 0.25) is 5.91 Å². The van der Waals surface area contributed by atoms with E-state index >= 15 is 0 Å². The Morgan fingerprint density at radius 1 is 1.33 bits per heavy atom. The van der Waals surface area contributed by atoms with Crippen LogP contribution in [-0.4, -0.2) is 46.7 Å². The molecule has 8 heteroatoms. The summed E-state index contributed by atoms with van der Waals surface area (Å²) in [6.07, 6.45) is 2.91. The molecule has 1 aliphatic rings. The molecule has 1 aliphatic heterocycles. The smallest absolute Gasteiger partial charge is 0.254 e. The van der Waals surface area contributed by atoms with Crippen LogP contribution in [0.25, 0.3) is 11.3 Å². The third-order valence-corrected chi connectivity index (χ3v) is 4.79. The molecule has 8 nitrogen and oxygen atoms in total. The number of methoxy groups -OCH3 is 1. The second-order valence-corrected chi connectivity index (χ2v) is 6.43. The van der Waals surface area contributed by atoms with Crippen molar-refractivity contribution in [2.45, 2.75) is 18.9 Å². The van der Waals surface area contributed by atoms with Gasteiger partial charge in [-0.1, -0.05) is 6.58 Å². The van der Waals surface area contributed by atoms with Gasteiger partial charge in [-0.05, 0) is 43.2 Å². The molecular formula is C19H23N5O3. The van der Waals surface area contributed by atoms with Crippen molar-refractivity contribution in [3.8, 4) is 17.0 Å². The molecule has 1 aromatic carbocycles. The summed E-state index contributed by atoms with van der Waals surface area (Å²) in [6, 6.07) is 7.02. The first-order chi connectivity index (χ1) is 13.0. The van der Waals surface area contributed by atoms with Crippen LogP contribution in [0.15, 0.2) is 36.9 Å². The molecule has 1 aromatic heterocycles. The number of hydrogen-bond acceptors (Lipinski definition) is 5. The van der Waals surface area contributed by atoms with Crippen molar-refractivity contribution in [3.63, 3.8) is 0 Å². The number of nitrogen functional groups attached to an aromatic ring is 1. The van der Waals surface area contributed by atoms with E-state index in [1.165, 1.54) is 6.08 Å². The van der Waals surface area contributed by atoms with Crippen molar-refractivity contribution in [1.82, 2.24) is 14.7 Å². The van der Waals surface area contributed by atoms with Crippen molar-refractivity contribution in [2.75, 3.05) is 25.9 Å². The lowest BCUT2D eigenvalue weighted by atomic mass is 10.1. The molecule has 0 spiro atoms. The van der Waals surface area contributed by atoms with E-state index in [1.54, 1.807) is 41.0 Å². The average Bonchev–Trinajstić information content (AvgIpc) is 3.05. The normalized spacial score (nSPS) is 16.8. The molecule has 1 fully saturated rings. The summed E-state index contributed by atoms with van der Waals surface area (Å²) in [7, 11) is 1.58. The van der Waals surface area contributed by atoms with Crippen LogP contribution in [0, 0.1) is 0 Å². The minimum Gasteiger partial charge on any atom is -0.497 e. The molecule has 2 amide bonds. The molecule has 1 unspecified atom stereocenters. The Bertz CT molecular complexity index is 872. The van der Waals surface area contributed by atoms with Crippen LogP contribution in [0.5, 0.6) is 5.75 Å². The predicted octanol–water partition coefficient (Wildman–Crippen LogP) is 1.59. The summed E-state index contributed by atoms with van der Waals surface area (Å²) < 4.78 is 6.78. The summed E-state index contributed by atoms with van der Waals surface area (Å²) in [4.78, 5) is 25.7. The van der Waals surface area contributed by atoms with Gasteiger partial charge < -0.3 is 21.1 Å². The number of rotatable bonds is 5. The Hall–Kier alpha value is -3.29. The SMILES string of the molecule is C=CC(=O)N1CCCC(n2nc(-c3ccc(OC)cc3)c(C(N)=O)c2N)C1. The number of benzene rings is 1. The maximum atomic E-state index is 12.0. The molecule has 2 heterocycles. The molecule has 0 radical (unpaired) electrons. The number of hydrogen-bond donors (Lipinski definition) is 2. The van der Waals surface area contributed by atoms with Crippen molar-refractivity contribution in [2.24, 2.45) is 5.73 Å². The zero-order valence-corrected chi connectivity index (χ0v) is 15.2. The fourth-order valence-electron chi connectivity index (χ4n) is 3.40. The molecule has 3 rings (SSSR count). The second kappa shape index (κ2) is 7.53. The van der Waals surface area contributed by atoms with Gasteiger partial charge in [-0.25, -0.2) is 4.68 Å².